The predicted octanol–water partition coefficient (Wildman–Crippen LogP) is 1.42. The Balaban J connectivity index is 1.71. The molecule has 1 unspecified atom stereocenters. The van der Waals surface area contributed by atoms with Crippen LogP contribution in [0.4, 0.5) is 15.8 Å². The molecular weight excluding hydrogens is 550 g/mol. The topological polar surface area (TPSA) is 91.4 Å². The van der Waals surface area contributed by atoms with Gasteiger partial charge in [0.15, 0.2) is 0 Å². The molecule has 9 heteroatoms. The van der Waals surface area contributed by atoms with E-state index in [9.17, 15) is 9.50 Å². The van der Waals surface area contributed by atoms with Crippen molar-refractivity contribution < 1.29 is 40.2 Å². The zero-order valence-corrected chi connectivity index (χ0v) is 21.1. The first-order valence-electron chi connectivity index (χ1n) is 11.1. The van der Waals surface area contributed by atoms with Crippen molar-refractivity contribution in [1.29, 1.82) is 0 Å². The number of nitrogens with zero attached hydrogens (tertiary/aromatic N) is 1. The number of benzene rings is 1. The number of pyridine rings is 1. The first-order chi connectivity index (χ1) is 16.6. The summed E-state index contributed by atoms with van der Waals surface area (Å²) in [5, 5.41) is 17.6. The molecule has 34 heavy (non-hydrogen) atoms. The van der Waals surface area contributed by atoms with Crippen LogP contribution >= 0.6 is 0 Å². The van der Waals surface area contributed by atoms with Gasteiger partial charge >= 0.3 is 208 Å². The summed E-state index contributed by atoms with van der Waals surface area (Å²) < 4.78 is 27.3. The first kappa shape index (κ1) is 23.1. The molecule has 4 heterocycles. The van der Waals surface area contributed by atoms with Gasteiger partial charge in [0.05, 0.1) is 0 Å². The summed E-state index contributed by atoms with van der Waals surface area (Å²) in [5.74, 6) is 0.307. The number of para-hydroxylation sites is 1. The van der Waals surface area contributed by atoms with E-state index in [4.69, 9.17) is 9.47 Å². The fourth-order valence-electron chi connectivity index (χ4n) is 4.31. The van der Waals surface area contributed by atoms with Crippen LogP contribution in [0.15, 0.2) is 48.3 Å². The molecule has 0 radical (unpaired) electrons. The van der Waals surface area contributed by atoms with Crippen LogP contribution in [-0.2, 0) is 0 Å². The van der Waals surface area contributed by atoms with Crippen LogP contribution < -0.4 is 41.3 Å². The van der Waals surface area contributed by atoms with Crippen LogP contribution in [0, 0.1) is 5.82 Å². The molecule has 2 aliphatic rings. The molecule has 4 N–H and O–H groups in total. The van der Waals surface area contributed by atoms with Crippen LogP contribution in [0.2, 0.25) is 0 Å². The van der Waals surface area contributed by atoms with Gasteiger partial charge in [0, 0.05) is 0 Å². The Morgan fingerprint density at radius 2 is 2.21 bits per heavy atom. The molecule has 2 aliphatic heterocycles. The summed E-state index contributed by atoms with van der Waals surface area (Å²) in [4.78, 5) is 7.88. The van der Waals surface area contributed by atoms with Gasteiger partial charge in [-0.25, -0.2) is 0 Å². The normalized spacial score (nSPS) is 21.8. The van der Waals surface area contributed by atoms with E-state index in [0.29, 0.717) is 30.3 Å². The van der Waals surface area contributed by atoms with Crippen LogP contribution in [-0.4, -0.2) is 39.8 Å². The minimum absolute atomic E-state index is 0.117. The molecule has 0 aliphatic carbocycles. The molecule has 7 nitrogen and oxygen atoms in total. The summed E-state index contributed by atoms with van der Waals surface area (Å²) in [5.41, 5.74) is 5.83. The number of rotatable bonds is 3. The number of aliphatic hydroxyl groups excluding tert-OH is 1. The molecule has 2 bridgehead atoms. The van der Waals surface area contributed by atoms with Crippen LogP contribution in [0.25, 0.3) is 11.3 Å². The number of nitrogens with one attached hydrogen (secondary N) is 3. The minimum atomic E-state index is -0.862. The standard InChI is InChI=1S/C25H27FIN4O3/c1-14-6-9-27-17-12-29-25(32)20-22(17)31-21(15-7-10-28-13-19(15)34-11-8-14)23(20)30-18-5-3-4-16(26)24(18)33-2/h3-7,10,13,17,25,29-32H,8-9,11-12H2,1-2H3/q-1/b14-6+/t17-,25?/m1/s1. The third-order valence-corrected chi connectivity index (χ3v) is 9.16. The third-order valence-electron chi connectivity index (χ3n) is 6.09. The number of alkyl halides is 2. The SMILES string of the molecule is COc1c(F)cccc1Nc1c2[nH]c3c1C(O)NC[C@H]3[I-]C/C=C(\C)CCOc1cnccc1-2. The van der Waals surface area contributed by atoms with Gasteiger partial charge < -0.3 is 0 Å². The molecule has 1 aromatic carbocycles. The molecule has 2 aromatic heterocycles. The van der Waals surface area contributed by atoms with Crippen molar-refractivity contribution >= 4 is 11.4 Å². The van der Waals surface area contributed by atoms with Gasteiger partial charge in [0.2, 0.25) is 0 Å². The summed E-state index contributed by atoms with van der Waals surface area (Å²) in [6.45, 7) is 3.40. The first-order valence-corrected chi connectivity index (χ1v) is 13.9. The predicted molar refractivity (Wildman–Crippen MR) is 125 cm³/mol. The zero-order chi connectivity index (χ0) is 23.7. The quantitative estimate of drug-likeness (QED) is 0.214. The molecule has 0 amide bonds. The Labute approximate surface area is 208 Å². The van der Waals surface area contributed by atoms with E-state index in [2.05, 4.69) is 33.6 Å². The fraction of sp³-hybridized carbons (Fsp3) is 0.320. The molecule has 2 atom stereocenters. The molecule has 180 valence electrons. The Morgan fingerprint density at radius 1 is 1.32 bits per heavy atom. The summed E-state index contributed by atoms with van der Waals surface area (Å²) in [6.07, 6.45) is 5.73. The van der Waals surface area contributed by atoms with Gasteiger partial charge in [0.25, 0.3) is 0 Å². The van der Waals surface area contributed by atoms with Crippen molar-refractivity contribution in [2.45, 2.75) is 23.5 Å². The second kappa shape index (κ2) is 9.93. The van der Waals surface area contributed by atoms with Crippen molar-refractivity contribution in [1.82, 2.24) is 15.3 Å². The maximum atomic E-state index is 14.5. The number of fused-ring (bicyclic) bond motifs is 3. The number of aromatic amines is 1. The van der Waals surface area contributed by atoms with Gasteiger partial charge in [0.1, 0.15) is 0 Å². The van der Waals surface area contributed by atoms with Crippen molar-refractivity contribution in [3.8, 4) is 22.8 Å². The molecule has 0 saturated carbocycles. The van der Waals surface area contributed by atoms with E-state index in [1.54, 1.807) is 24.5 Å². The number of aliphatic hydroxyl groups is 1. The van der Waals surface area contributed by atoms with Crippen LogP contribution in [0.3, 0.4) is 0 Å². The number of aromatic nitrogens is 2. The molecule has 5 rings (SSSR count). The van der Waals surface area contributed by atoms with Gasteiger partial charge in [-0.3, -0.25) is 0 Å². The number of ether oxygens (including phenoxy) is 2. The number of hydrogen-bond donors (Lipinski definition) is 4. The van der Waals surface area contributed by atoms with Crippen LogP contribution in [0.1, 0.15) is 34.8 Å². The number of halogens is 2. The van der Waals surface area contributed by atoms with Crippen LogP contribution in [0.5, 0.6) is 11.5 Å². The number of allylic oxidation sites excluding steroid dienone is 1. The molecule has 0 spiro atoms. The van der Waals surface area contributed by atoms with E-state index >= 15 is 0 Å². The van der Waals surface area contributed by atoms with Gasteiger partial charge in [-0.15, -0.1) is 0 Å². The van der Waals surface area contributed by atoms with E-state index in [1.807, 2.05) is 6.07 Å². The van der Waals surface area contributed by atoms with Crippen molar-refractivity contribution in [2.24, 2.45) is 0 Å². The summed E-state index contributed by atoms with van der Waals surface area (Å²) in [6, 6.07) is 6.64. The Morgan fingerprint density at radius 3 is 3.06 bits per heavy atom. The summed E-state index contributed by atoms with van der Waals surface area (Å²) in [7, 11) is 1.44. The molecule has 0 saturated heterocycles. The van der Waals surface area contributed by atoms with Crippen molar-refractivity contribution in [3.63, 3.8) is 0 Å². The van der Waals surface area contributed by atoms with Gasteiger partial charge in [-0.05, 0) is 0 Å². The summed E-state index contributed by atoms with van der Waals surface area (Å²) >= 11 is -0.225. The van der Waals surface area contributed by atoms with E-state index in [-0.39, 0.29) is 30.9 Å². The average molecular weight is 577 g/mol. The number of hydrogen-bond acceptors (Lipinski definition) is 6. The second-order valence-corrected chi connectivity index (χ2v) is 11.5. The van der Waals surface area contributed by atoms with Gasteiger partial charge in [-0.2, -0.15) is 0 Å². The van der Waals surface area contributed by atoms with E-state index < -0.39 is 12.0 Å². The Hall–Kier alpha value is -2.63. The number of methoxy groups -OCH3 is 1. The third kappa shape index (κ3) is 4.39. The fourth-order valence-corrected chi connectivity index (χ4v) is 7.42. The van der Waals surface area contributed by atoms with E-state index in [1.165, 1.54) is 18.7 Å². The number of H-pyrrole nitrogens is 1. The van der Waals surface area contributed by atoms with Crippen molar-refractivity contribution in [2.75, 3.05) is 30.0 Å². The molecule has 3 aromatic rings. The van der Waals surface area contributed by atoms with E-state index in [0.717, 1.165) is 33.4 Å². The average Bonchev–Trinajstić information content (AvgIpc) is 3.21. The zero-order valence-electron chi connectivity index (χ0n) is 19.0. The Bertz CT molecular complexity index is 1230. The molecule has 0 fully saturated rings. The second-order valence-electron chi connectivity index (χ2n) is 8.26. The monoisotopic (exact) mass is 577 g/mol. The maximum absolute atomic E-state index is 14.5. The number of anilines is 2. The van der Waals surface area contributed by atoms with Crippen molar-refractivity contribution in [3.05, 3.63) is 65.4 Å². The Kier molecular flexibility index (Phi) is 6.75. The molecular formula is C25H27FIN4O3-. The van der Waals surface area contributed by atoms with Gasteiger partial charge in [-0.1, -0.05) is 0 Å².